The van der Waals surface area contributed by atoms with E-state index in [2.05, 4.69) is 15.0 Å². The number of aromatic nitrogens is 1. The number of nitrogens with one attached hydrogen (secondary N) is 2. The Morgan fingerprint density at radius 3 is 2.41 bits per heavy atom. The van der Waals surface area contributed by atoms with Gasteiger partial charge in [0, 0.05) is 24.6 Å². The van der Waals surface area contributed by atoms with Crippen molar-refractivity contribution < 1.29 is 14.0 Å². The molecule has 1 atom stereocenters. The van der Waals surface area contributed by atoms with Crippen molar-refractivity contribution in [2.45, 2.75) is 19.4 Å². The molecule has 3 rings (SSSR count). The largest absolute Gasteiger partial charge is 0.414 e. The highest BCUT2D eigenvalue weighted by Gasteiger charge is 2.20. The summed E-state index contributed by atoms with van der Waals surface area (Å²) < 4.78 is 8.87. The molecule has 0 unspecified atom stereocenters. The van der Waals surface area contributed by atoms with Crippen LogP contribution in [-0.4, -0.2) is 22.2 Å². The fourth-order valence-corrected chi connectivity index (χ4v) is 2.95. The van der Waals surface area contributed by atoms with Crippen LogP contribution in [0, 0.1) is 0 Å². The van der Waals surface area contributed by atoms with E-state index in [0.29, 0.717) is 17.7 Å². The Morgan fingerprint density at radius 2 is 1.81 bits per heavy atom. The standard InChI is InChI=1S/C19H17N3O4S/c1-12(23)20-16(11-13-5-3-2-4-6-13)17(24)21-15-9-7-14(8-10-15)18-22-27-19(25)26-18/h2-10,16H,11H2,1H3,(H,20,23)(H,21,24)/t16-/m1/s1. The summed E-state index contributed by atoms with van der Waals surface area (Å²) >= 11 is 0.742. The minimum Gasteiger partial charge on any atom is -0.394 e. The summed E-state index contributed by atoms with van der Waals surface area (Å²) in [5, 5.41) is 5.47. The molecule has 0 bridgehead atoms. The molecule has 0 saturated heterocycles. The molecule has 0 aliphatic rings. The van der Waals surface area contributed by atoms with E-state index >= 15 is 0 Å². The average Bonchev–Trinajstić information content (AvgIpc) is 3.09. The van der Waals surface area contributed by atoms with E-state index in [1.165, 1.54) is 6.92 Å². The Bertz CT molecular complexity index is 980. The van der Waals surface area contributed by atoms with Gasteiger partial charge in [0.05, 0.1) is 11.5 Å². The zero-order valence-electron chi connectivity index (χ0n) is 14.5. The van der Waals surface area contributed by atoms with Gasteiger partial charge in [0.25, 0.3) is 0 Å². The Kier molecular flexibility index (Phi) is 5.77. The minimum atomic E-state index is -0.693. The third-order valence-corrected chi connectivity index (χ3v) is 4.25. The van der Waals surface area contributed by atoms with Crippen LogP contribution < -0.4 is 15.6 Å². The molecule has 0 fully saturated rings. The first-order chi connectivity index (χ1) is 13.0. The quantitative estimate of drug-likeness (QED) is 0.681. The van der Waals surface area contributed by atoms with Crippen molar-refractivity contribution in [3.05, 3.63) is 69.9 Å². The molecule has 0 saturated carbocycles. The second kappa shape index (κ2) is 8.41. The van der Waals surface area contributed by atoms with Crippen LogP contribution in [-0.2, 0) is 16.0 Å². The van der Waals surface area contributed by atoms with Gasteiger partial charge in [-0.2, -0.15) is 0 Å². The van der Waals surface area contributed by atoms with Gasteiger partial charge in [0.1, 0.15) is 6.04 Å². The van der Waals surface area contributed by atoms with Crippen LogP contribution in [0.2, 0.25) is 0 Å². The van der Waals surface area contributed by atoms with Gasteiger partial charge in [-0.05, 0) is 29.8 Å². The third kappa shape index (κ3) is 5.11. The minimum absolute atomic E-state index is 0.239. The van der Waals surface area contributed by atoms with Crippen LogP contribution >= 0.6 is 11.5 Å². The first-order valence-electron chi connectivity index (χ1n) is 8.20. The van der Waals surface area contributed by atoms with E-state index in [-0.39, 0.29) is 17.7 Å². The highest BCUT2D eigenvalue weighted by molar-refractivity contribution is 7.02. The number of rotatable bonds is 6. The molecule has 0 spiro atoms. The van der Waals surface area contributed by atoms with Crippen molar-refractivity contribution in [2.75, 3.05) is 5.32 Å². The number of carbonyl (C=O) groups is 2. The van der Waals surface area contributed by atoms with Crippen molar-refractivity contribution in [1.29, 1.82) is 0 Å². The van der Waals surface area contributed by atoms with Gasteiger partial charge in [0.2, 0.25) is 17.7 Å². The van der Waals surface area contributed by atoms with Gasteiger partial charge in [0.15, 0.2) is 0 Å². The number of benzene rings is 2. The Morgan fingerprint density at radius 1 is 1.11 bits per heavy atom. The molecule has 0 radical (unpaired) electrons. The molecule has 2 aromatic carbocycles. The molecule has 2 amide bonds. The van der Waals surface area contributed by atoms with Crippen LogP contribution in [0.4, 0.5) is 5.69 Å². The summed E-state index contributed by atoms with van der Waals surface area (Å²) in [6.07, 6.45) is 0.383. The molecule has 7 nitrogen and oxygen atoms in total. The number of carbonyl (C=O) groups excluding carboxylic acids is 2. The normalized spacial score (nSPS) is 11.6. The van der Waals surface area contributed by atoms with Crippen LogP contribution in [0.25, 0.3) is 11.5 Å². The van der Waals surface area contributed by atoms with E-state index in [1.54, 1.807) is 24.3 Å². The topological polar surface area (TPSA) is 101 Å². The summed E-state index contributed by atoms with van der Waals surface area (Å²) in [6.45, 7) is 1.38. The van der Waals surface area contributed by atoms with E-state index in [4.69, 9.17) is 4.42 Å². The zero-order valence-corrected chi connectivity index (χ0v) is 15.3. The lowest BCUT2D eigenvalue weighted by atomic mass is 10.0. The number of hydrogen-bond acceptors (Lipinski definition) is 6. The predicted molar refractivity (Wildman–Crippen MR) is 102 cm³/mol. The highest BCUT2D eigenvalue weighted by atomic mass is 32.1. The second-order valence-electron chi connectivity index (χ2n) is 5.85. The zero-order chi connectivity index (χ0) is 19.2. The summed E-state index contributed by atoms with van der Waals surface area (Å²) in [5.74, 6) is -0.356. The molecule has 3 aromatic rings. The van der Waals surface area contributed by atoms with Gasteiger partial charge >= 0.3 is 4.94 Å². The molecule has 0 aliphatic heterocycles. The van der Waals surface area contributed by atoms with E-state index < -0.39 is 11.0 Å². The van der Waals surface area contributed by atoms with Gasteiger partial charge in [-0.25, -0.2) is 4.79 Å². The van der Waals surface area contributed by atoms with Crippen LogP contribution in [0.1, 0.15) is 12.5 Å². The van der Waals surface area contributed by atoms with Gasteiger partial charge in [-0.1, -0.05) is 30.3 Å². The van der Waals surface area contributed by atoms with Crippen molar-refractivity contribution >= 4 is 29.0 Å². The molecule has 2 N–H and O–H groups in total. The summed E-state index contributed by atoms with van der Waals surface area (Å²) in [5.41, 5.74) is 2.14. The Balaban J connectivity index is 1.70. The first-order valence-corrected chi connectivity index (χ1v) is 8.98. The predicted octanol–water partition coefficient (Wildman–Crippen LogP) is 2.45. The fraction of sp³-hybridized carbons (Fsp3) is 0.158. The number of amides is 2. The van der Waals surface area contributed by atoms with Gasteiger partial charge in [-0.15, -0.1) is 4.37 Å². The van der Waals surface area contributed by atoms with Gasteiger partial charge < -0.3 is 15.1 Å². The molecule has 1 aromatic heterocycles. The smallest absolute Gasteiger partial charge is 0.394 e. The number of anilines is 1. The maximum atomic E-state index is 12.6. The maximum absolute atomic E-state index is 12.6. The second-order valence-corrected chi connectivity index (χ2v) is 6.55. The lowest BCUT2D eigenvalue weighted by Crippen LogP contribution is -2.44. The first kappa shape index (κ1) is 18.5. The fourth-order valence-electron chi connectivity index (χ4n) is 2.54. The summed E-state index contributed by atoms with van der Waals surface area (Å²) in [4.78, 5) is 34.7. The van der Waals surface area contributed by atoms with E-state index in [9.17, 15) is 14.4 Å². The van der Waals surface area contributed by atoms with E-state index in [0.717, 1.165) is 17.1 Å². The van der Waals surface area contributed by atoms with Crippen LogP contribution in [0.3, 0.4) is 0 Å². The van der Waals surface area contributed by atoms with Crippen LogP contribution in [0.5, 0.6) is 0 Å². The van der Waals surface area contributed by atoms with Crippen molar-refractivity contribution in [2.24, 2.45) is 0 Å². The van der Waals surface area contributed by atoms with Crippen molar-refractivity contribution in [3.8, 4) is 11.5 Å². The molecule has 138 valence electrons. The molecule has 0 aliphatic carbocycles. The van der Waals surface area contributed by atoms with E-state index in [1.807, 2.05) is 30.3 Å². The van der Waals surface area contributed by atoms with Crippen molar-refractivity contribution in [3.63, 3.8) is 0 Å². The molecule has 27 heavy (non-hydrogen) atoms. The monoisotopic (exact) mass is 383 g/mol. The summed E-state index contributed by atoms with van der Waals surface area (Å²) in [7, 11) is 0. The summed E-state index contributed by atoms with van der Waals surface area (Å²) in [6, 6.07) is 15.5. The molecular weight excluding hydrogens is 366 g/mol. The number of hydrogen-bond donors (Lipinski definition) is 2. The lowest BCUT2D eigenvalue weighted by Gasteiger charge is -2.18. The maximum Gasteiger partial charge on any atom is 0.414 e. The third-order valence-electron chi connectivity index (χ3n) is 3.76. The van der Waals surface area contributed by atoms with Gasteiger partial charge in [-0.3, -0.25) is 9.59 Å². The Hall–Kier alpha value is -3.26. The number of nitrogens with zero attached hydrogens (tertiary/aromatic N) is 1. The SMILES string of the molecule is CC(=O)N[C@H](Cc1ccccc1)C(=O)Nc1ccc(-c2nsc(=O)o2)cc1. The highest BCUT2D eigenvalue weighted by Crippen LogP contribution is 2.19. The van der Waals surface area contributed by atoms with Crippen LogP contribution in [0.15, 0.2) is 63.8 Å². The molecular formula is C19H17N3O4S. The molecule has 8 heteroatoms. The Labute approximate surface area is 159 Å². The lowest BCUT2D eigenvalue weighted by molar-refractivity contribution is -0.125. The molecule has 1 heterocycles. The van der Waals surface area contributed by atoms with Crippen molar-refractivity contribution in [1.82, 2.24) is 9.69 Å². The average molecular weight is 383 g/mol.